The molecule has 2 aliphatic rings. The number of alkyl carbamates (subject to hydrolysis) is 1. The van der Waals surface area contributed by atoms with Crippen molar-refractivity contribution in [2.75, 3.05) is 13.2 Å². The van der Waals surface area contributed by atoms with Crippen molar-refractivity contribution in [3.63, 3.8) is 0 Å². The summed E-state index contributed by atoms with van der Waals surface area (Å²) in [4.78, 5) is 11.9. The molecule has 0 radical (unpaired) electrons. The first-order valence-corrected chi connectivity index (χ1v) is 8.28. The standard InChI is InChI=1S/C16H30N2O3/c1-16(2,3)21-15(19)18-14-9-5-4-8-13(14)17-11-12-7-6-10-20-12/h12-14,17H,4-11H2,1-3H3,(H,18,19). The molecule has 0 aromatic heterocycles. The van der Waals surface area contributed by atoms with Gasteiger partial charge in [0.25, 0.3) is 0 Å². The van der Waals surface area contributed by atoms with Crippen LogP contribution in [-0.4, -0.2) is 43.0 Å². The molecule has 21 heavy (non-hydrogen) atoms. The van der Waals surface area contributed by atoms with E-state index in [0.29, 0.717) is 12.1 Å². The smallest absolute Gasteiger partial charge is 0.407 e. The van der Waals surface area contributed by atoms with Gasteiger partial charge in [0.05, 0.1) is 6.10 Å². The van der Waals surface area contributed by atoms with Gasteiger partial charge >= 0.3 is 6.09 Å². The summed E-state index contributed by atoms with van der Waals surface area (Å²) in [6.07, 6.45) is 6.84. The monoisotopic (exact) mass is 298 g/mol. The number of amides is 1. The van der Waals surface area contributed by atoms with Gasteiger partial charge < -0.3 is 20.1 Å². The molecule has 2 fully saturated rings. The van der Waals surface area contributed by atoms with Crippen molar-refractivity contribution in [1.29, 1.82) is 0 Å². The second-order valence-electron chi connectivity index (χ2n) is 7.19. The molecule has 0 spiro atoms. The summed E-state index contributed by atoms with van der Waals surface area (Å²) in [6.45, 7) is 7.44. The van der Waals surface area contributed by atoms with Crippen LogP contribution in [0, 0.1) is 0 Å². The van der Waals surface area contributed by atoms with Gasteiger partial charge in [-0.15, -0.1) is 0 Å². The summed E-state index contributed by atoms with van der Waals surface area (Å²) in [5, 5.41) is 6.62. The molecular formula is C16H30N2O3. The maximum absolute atomic E-state index is 11.9. The highest BCUT2D eigenvalue weighted by Crippen LogP contribution is 2.20. The van der Waals surface area contributed by atoms with E-state index < -0.39 is 5.60 Å². The average Bonchev–Trinajstić information content (AvgIpc) is 2.88. The molecule has 1 heterocycles. The fraction of sp³-hybridized carbons (Fsp3) is 0.938. The van der Waals surface area contributed by atoms with Crippen molar-refractivity contribution >= 4 is 6.09 Å². The molecule has 2 rings (SSSR count). The Kier molecular flexibility index (Phi) is 5.88. The van der Waals surface area contributed by atoms with E-state index in [9.17, 15) is 4.79 Å². The first-order valence-electron chi connectivity index (χ1n) is 8.28. The molecule has 2 N–H and O–H groups in total. The van der Waals surface area contributed by atoms with Gasteiger partial charge in [-0.2, -0.15) is 0 Å². The third kappa shape index (κ3) is 5.83. The summed E-state index contributed by atoms with van der Waals surface area (Å²) in [5.41, 5.74) is -0.445. The molecule has 0 aromatic carbocycles. The molecule has 3 unspecified atom stereocenters. The minimum Gasteiger partial charge on any atom is -0.444 e. The van der Waals surface area contributed by atoms with Crippen LogP contribution in [-0.2, 0) is 9.47 Å². The van der Waals surface area contributed by atoms with Crippen molar-refractivity contribution in [3.05, 3.63) is 0 Å². The lowest BCUT2D eigenvalue weighted by Gasteiger charge is -2.34. The van der Waals surface area contributed by atoms with E-state index >= 15 is 0 Å². The number of carbonyl (C=O) groups is 1. The Morgan fingerprint density at radius 3 is 2.48 bits per heavy atom. The number of hydrogen-bond acceptors (Lipinski definition) is 4. The summed E-state index contributed by atoms with van der Waals surface area (Å²) in [5.74, 6) is 0. The third-order valence-electron chi connectivity index (χ3n) is 4.10. The second-order valence-corrected chi connectivity index (χ2v) is 7.19. The predicted molar refractivity (Wildman–Crippen MR) is 82.4 cm³/mol. The number of ether oxygens (including phenoxy) is 2. The lowest BCUT2D eigenvalue weighted by atomic mass is 9.90. The molecule has 1 saturated carbocycles. The van der Waals surface area contributed by atoms with Crippen molar-refractivity contribution in [2.24, 2.45) is 0 Å². The quantitative estimate of drug-likeness (QED) is 0.837. The minimum atomic E-state index is -0.445. The van der Waals surface area contributed by atoms with Gasteiger partial charge in [0, 0.05) is 25.2 Å². The highest BCUT2D eigenvalue weighted by atomic mass is 16.6. The van der Waals surface area contributed by atoms with Crippen molar-refractivity contribution in [3.8, 4) is 0 Å². The average molecular weight is 298 g/mol. The van der Waals surface area contributed by atoms with Crippen LogP contribution < -0.4 is 10.6 Å². The first-order chi connectivity index (χ1) is 9.94. The fourth-order valence-corrected chi connectivity index (χ4v) is 3.10. The Bertz CT molecular complexity index is 335. The van der Waals surface area contributed by atoms with E-state index in [0.717, 1.165) is 38.8 Å². The molecule has 1 aliphatic carbocycles. The Morgan fingerprint density at radius 2 is 1.86 bits per heavy atom. The maximum atomic E-state index is 11.9. The van der Waals surface area contributed by atoms with Gasteiger partial charge in [0.2, 0.25) is 0 Å². The van der Waals surface area contributed by atoms with E-state index in [-0.39, 0.29) is 12.1 Å². The van der Waals surface area contributed by atoms with E-state index in [1.54, 1.807) is 0 Å². The van der Waals surface area contributed by atoms with Crippen molar-refractivity contribution in [1.82, 2.24) is 10.6 Å². The third-order valence-corrected chi connectivity index (χ3v) is 4.10. The molecule has 1 saturated heterocycles. The van der Waals surface area contributed by atoms with Crippen LogP contribution in [0.15, 0.2) is 0 Å². The number of nitrogens with one attached hydrogen (secondary N) is 2. The highest BCUT2D eigenvalue weighted by molar-refractivity contribution is 5.68. The molecule has 0 aromatic rings. The van der Waals surface area contributed by atoms with Crippen molar-refractivity contribution in [2.45, 2.75) is 83.1 Å². The highest BCUT2D eigenvalue weighted by Gasteiger charge is 2.29. The van der Waals surface area contributed by atoms with Gasteiger partial charge in [0.1, 0.15) is 5.60 Å². The molecule has 0 bridgehead atoms. The van der Waals surface area contributed by atoms with Crippen LogP contribution in [0.25, 0.3) is 0 Å². The molecule has 122 valence electrons. The zero-order valence-corrected chi connectivity index (χ0v) is 13.6. The summed E-state index contributed by atoms with van der Waals surface area (Å²) in [7, 11) is 0. The minimum absolute atomic E-state index is 0.162. The molecule has 1 amide bonds. The lowest BCUT2D eigenvalue weighted by Crippen LogP contribution is -2.53. The summed E-state index contributed by atoms with van der Waals surface area (Å²) >= 11 is 0. The molecular weight excluding hydrogens is 268 g/mol. The van der Waals surface area contributed by atoms with Crippen molar-refractivity contribution < 1.29 is 14.3 Å². The fourth-order valence-electron chi connectivity index (χ4n) is 3.10. The Labute approximate surface area is 128 Å². The topological polar surface area (TPSA) is 59.6 Å². The van der Waals surface area contributed by atoms with Gasteiger partial charge in [-0.25, -0.2) is 4.79 Å². The predicted octanol–water partition coefficient (Wildman–Crippen LogP) is 2.59. The van der Waals surface area contributed by atoms with Crippen LogP contribution in [0.2, 0.25) is 0 Å². The van der Waals surface area contributed by atoms with Gasteiger partial charge in [-0.3, -0.25) is 0 Å². The largest absolute Gasteiger partial charge is 0.444 e. The molecule has 5 nitrogen and oxygen atoms in total. The first kappa shape index (κ1) is 16.6. The lowest BCUT2D eigenvalue weighted by molar-refractivity contribution is 0.0474. The van der Waals surface area contributed by atoms with E-state index in [2.05, 4.69) is 10.6 Å². The van der Waals surface area contributed by atoms with E-state index in [4.69, 9.17) is 9.47 Å². The second kappa shape index (κ2) is 7.45. The van der Waals surface area contributed by atoms with Crippen LogP contribution in [0.4, 0.5) is 4.79 Å². The zero-order valence-electron chi connectivity index (χ0n) is 13.6. The van der Waals surface area contributed by atoms with Crippen LogP contribution in [0.5, 0.6) is 0 Å². The number of carbonyl (C=O) groups excluding carboxylic acids is 1. The van der Waals surface area contributed by atoms with Gasteiger partial charge in [-0.05, 0) is 46.5 Å². The van der Waals surface area contributed by atoms with E-state index in [1.807, 2.05) is 20.8 Å². The SMILES string of the molecule is CC(C)(C)OC(=O)NC1CCCCC1NCC1CCCO1. The van der Waals surface area contributed by atoms with Crippen LogP contribution >= 0.6 is 0 Å². The summed E-state index contributed by atoms with van der Waals surface area (Å²) in [6, 6.07) is 0.491. The van der Waals surface area contributed by atoms with Gasteiger partial charge in [0.15, 0.2) is 0 Å². The normalized spacial score (nSPS) is 30.1. The van der Waals surface area contributed by atoms with Gasteiger partial charge in [-0.1, -0.05) is 12.8 Å². The molecule has 3 atom stereocenters. The van der Waals surface area contributed by atoms with Crippen LogP contribution in [0.1, 0.15) is 59.3 Å². The van der Waals surface area contributed by atoms with E-state index in [1.165, 1.54) is 12.8 Å². The zero-order chi connectivity index (χ0) is 15.3. The van der Waals surface area contributed by atoms with Crippen LogP contribution in [0.3, 0.4) is 0 Å². The Balaban J connectivity index is 1.78. The molecule has 5 heteroatoms. The maximum Gasteiger partial charge on any atom is 0.407 e. The molecule has 1 aliphatic heterocycles. The number of hydrogen-bond donors (Lipinski definition) is 2. The number of rotatable bonds is 4. The summed E-state index contributed by atoms with van der Waals surface area (Å²) < 4.78 is 11.0. The Hall–Kier alpha value is -0.810. The Morgan fingerprint density at radius 1 is 1.14 bits per heavy atom.